The first kappa shape index (κ1) is 12.4. The Morgan fingerprint density at radius 1 is 1.44 bits per heavy atom. The molecular weight excluding hydrogens is 259 g/mol. The average Bonchev–Trinajstić information content (AvgIpc) is 2.71. The van der Waals surface area contributed by atoms with E-state index in [2.05, 4.69) is 14.9 Å². The van der Waals surface area contributed by atoms with Gasteiger partial charge in [0.1, 0.15) is 16.4 Å². The Morgan fingerprint density at radius 2 is 2.17 bits per heavy atom. The number of aromatic nitrogens is 2. The molecule has 0 atom stereocenters. The summed E-state index contributed by atoms with van der Waals surface area (Å²) in [6.45, 7) is 1.55. The van der Waals surface area contributed by atoms with Crippen molar-refractivity contribution in [2.75, 3.05) is 10.5 Å². The van der Waals surface area contributed by atoms with Crippen LogP contribution in [0.5, 0.6) is 0 Å². The molecule has 0 radical (unpaired) electrons. The van der Waals surface area contributed by atoms with E-state index in [0.29, 0.717) is 5.69 Å². The van der Waals surface area contributed by atoms with Crippen LogP contribution in [0.4, 0.5) is 15.8 Å². The second kappa shape index (κ2) is 4.30. The largest absolute Gasteiger partial charge is 0.397 e. The molecular formula is C10H11FN4O2S. The zero-order valence-corrected chi connectivity index (χ0v) is 10.3. The van der Waals surface area contributed by atoms with Gasteiger partial charge in [-0.2, -0.15) is 5.10 Å². The van der Waals surface area contributed by atoms with E-state index in [1.807, 2.05) is 0 Å². The lowest BCUT2D eigenvalue weighted by Gasteiger charge is -2.10. The fraction of sp³-hybridized carbons (Fsp3) is 0.100. The first-order valence-corrected chi connectivity index (χ1v) is 6.47. The van der Waals surface area contributed by atoms with E-state index in [1.54, 1.807) is 6.92 Å². The minimum absolute atomic E-state index is 0.0136. The van der Waals surface area contributed by atoms with Crippen molar-refractivity contribution in [2.45, 2.75) is 11.8 Å². The lowest BCUT2D eigenvalue weighted by molar-refractivity contribution is 0.598. The van der Waals surface area contributed by atoms with E-state index < -0.39 is 15.8 Å². The van der Waals surface area contributed by atoms with Crippen molar-refractivity contribution < 1.29 is 12.8 Å². The predicted octanol–water partition coefficient (Wildman–Crippen LogP) is 1.24. The summed E-state index contributed by atoms with van der Waals surface area (Å²) >= 11 is 0. The molecule has 0 amide bonds. The number of rotatable bonds is 3. The first-order chi connectivity index (χ1) is 8.42. The van der Waals surface area contributed by atoms with Crippen LogP contribution in [0.15, 0.2) is 29.3 Å². The minimum atomic E-state index is -3.91. The van der Waals surface area contributed by atoms with Gasteiger partial charge in [0.25, 0.3) is 10.0 Å². The fourth-order valence-electron chi connectivity index (χ4n) is 1.45. The van der Waals surface area contributed by atoms with Gasteiger partial charge < -0.3 is 5.73 Å². The molecule has 0 fully saturated rings. The molecule has 96 valence electrons. The lowest BCUT2D eigenvalue weighted by Crippen LogP contribution is -2.15. The smallest absolute Gasteiger partial charge is 0.265 e. The Bertz CT molecular complexity index is 661. The van der Waals surface area contributed by atoms with Crippen molar-refractivity contribution in [3.8, 4) is 0 Å². The Kier molecular flexibility index (Phi) is 2.95. The van der Waals surface area contributed by atoms with Gasteiger partial charge in [0, 0.05) is 0 Å². The number of halogens is 1. The second-order valence-corrected chi connectivity index (χ2v) is 5.32. The molecule has 18 heavy (non-hydrogen) atoms. The molecule has 8 heteroatoms. The normalized spacial score (nSPS) is 11.4. The number of sulfonamides is 1. The van der Waals surface area contributed by atoms with Crippen LogP contribution in [0, 0.1) is 12.7 Å². The monoisotopic (exact) mass is 270 g/mol. The highest BCUT2D eigenvalue weighted by Crippen LogP contribution is 2.25. The van der Waals surface area contributed by atoms with Gasteiger partial charge in [0.05, 0.1) is 17.6 Å². The maximum absolute atomic E-state index is 13.5. The van der Waals surface area contributed by atoms with Crippen LogP contribution in [0.25, 0.3) is 0 Å². The van der Waals surface area contributed by atoms with Gasteiger partial charge in [0.15, 0.2) is 0 Å². The third-order valence-corrected chi connectivity index (χ3v) is 3.82. The highest BCUT2D eigenvalue weighted by Gasteiger charge is 2.21. The van der Waals surface area contributed by atoms with Crippen molar-refractivity contribution in [2.24, 2.45) is 0 Å². The highest BCUT2D eigenvalue weighted by molar-refractivity contribution is 7.92. The molecule has 2 aromatic rings. The Balaban J connectivity index is 2.44. The quantitative estimate of drug-likeness (QED) is 0.730. The third kappa shape index (κ3) is 2.14. The topological polar surface area (TPSA) is 101 Å². The minimum Gasteiger partial charge on any atom is -0.397 e. The molecule has 0 aliphatic carbocycles. The molecule has 0 unspecified atom stereocenters. The standard InChI is InChI=1S/C10H11FN4O2S/c1-6-9(5-13-14-6)18(16,17)15-10-7(11)3-2-4-8(10)12/h2-5,15H,12H2,1H3,(H,13,14). The number of aromatic amines is 1. The number of nitrogen functional groups attached to an aromatic ring is 1. The number of hydrogen-bond acceptors (Lipinski definition) is 4. The molecule has 2 rings (SSSR count). The van der Waals surface area contributed by atoms with Gasteiger partial charge in [-0.15, -0.1) is 0 Å². The lowest BCUT2D eigenvalue weighted by atomic mass is 10.3. The van der Waals surface area contributed by atoms with Gasteiger partial charge >= 0.3 is 0 Å². The van der Waals surface area contributed by atoms with E-state index in [9.17, 15) is 12.8 Å². The number of anilines is 2. The van der Waals surface area contributed by atoms with Gasteiger partial charge in [0.2, 0.25) is 0 Å². The number of hydrogen-bond donors (Lipinski definition) is 3. The molecule has 0 aliphatic rings. The number of aryl methyl sites for hydroxylation is 1. The number of H-pyrrole nitrogens is 1. The third-order valence-electron chi connectivity index (χ3n) is 2.36. The first-order valence-electron chi connectivity index (χ1n) is 4.98. The van der Waals surface area contributed by atoms with E-state index in [0.717, 1.165) is 12.3 Å². The van der Waals surface area contributed by atoms with Crippen molar-refractivity contribution in [3.63, 3.8) is 0 Å². The summed E-state index contributed by atoms with van der Waals surface area (Å²) in [7, 11) is -3.91. The van der Waals surface area contributed by atoms with Gasteiger partial charge in [-0.3, -0.25) is 9.82 Å². The Morgan fingerprint density at radius 3 is 2.72 bits per heavy atom. The maximum atomic E-state index is 13.5. The van der Waals surface area contributed by atoms with Crippen molar-refractivity contribution in [1.29, 1.82) is 0 Å². The molecule has 0 saturated heterocycles. The predicted molar refractivity (Wildman–Crippen MR) is 64.9 cm³/mol. The van der Waals surface area contributed by atoms with Crippen LogP contribution in [0.2, 0.25) is 0 Å². The Hall–Kier alpha value is -2.09. The van der Waals surface area contributed by atoms with E-state index in [4.69, 9.17) is 5.73 Å². The Labute approximate surface area is 103 Å². The molecule has 1 aromatic carbocycles. The molecule has 1 aromatic heterocycles. The van der Waals surface area contributed by atoms with Crippen LogP contribution in [-0.4, -0.2) is 18.6 Å². The van der Waals surface area contributed by atoms with Crippen molar-refractivity contribution in [1.82, 2.24) is 10.2 Å². The van der Waals surface area contributed by atoms with Crippen molar-refractivity contribution in [3.05, 3.63) is 35.9 Å². The van der Waals surface area contributed by atoms with Gasteiger partial charge in [-0.05, 0) is 19.1 Å². The van der Waals surface area contributed by atoms with Crippen LogP contribution >= 0.6 is 0 Å². The van der Waals surface area contributed by atoms with E-state index in [1.165, 1.54) is 12.1 Å². The molecule has 6 nitrogen and oxygen atoms in total. The molecule has 1 heterocycles. The van der Waals surface area contributed by atoms with E-state index >= 15 is 0 Å². The summed E-state index contributed by atoms with van der Waals surface area (Å²) in [5.74, 6) is -0.736. The molecule has 4 N–H and O–H groups in total. The number of nitrogens with two attached hydrogens (primary N) is 1. The zero-order chi connectivity index (χ0) is 13.3. The van der Waals surface area contributed by atoms with Crippen molar-refractivity contribution >= 4 is 21.4 Å². The molecule has 0 aliphatic heterocycles. The summed E-state index contributed by atoms with van der Waals surface area (Å²) in [5.41, 5.74) is 5.64. The summed E-state index contributed by atoms with van der Waals surface area (Å²) in [6.07, 6.45) is 1.15. The van der Waals surface area contributed by atoms with Gasteiger partial charge in [-0.25, -0.2) is 12.8 Å². The highest BCUT2D eigenvalue weighted by atomic mass is 32.2. The SMILES string of the molecule is Cc1[nH]ncc1S(=O)(=O)Nc1c(N)cccc1F. The summed E-state index contributed by atoms with van der Waals surface area (Å²) in [5, 5.41) is 6.10. The fourth-order valence-corrected chi connectivity index (χ4v) is 2.68. The molecule has 0 saturated carbocycles. The van der Waals surface area contributed by atoms with Crippen LogP contribution < -0.4 is 10.5 Å². The van der Waals surface area contributed by atoms with Crippen LogP contribution in [0.3, 0.4) is 0 Å². The number of nitrogens with one attached hydrogen (secondary N) is 2. The number of benzene rings is 1. The number of para-hydroxylation sites is 1. The zero-order valence-electron chi connectivity index (χ0n) is 9.44. The van der Waals surface area contributed by atoms with Crippen LogP contribution in [0.1, 0.15) is 5.69 Å². The summed E-state index contributed by atoms with van der Waals surface area (Å²) in [6, 6.07) is 3.92. The molecule has 0 spiro atoms. The maximum Gasteiger partial charge on any atom is 0.265 e. The molecule has 0 bridgehead atoms. The van der Waals surface area contributed by atoms with Gasteiger partial charge in [-0.1, -0.05) is 6.07 Å². The number of nitrogens with zero attached hydrogens (tertiary/aromatic N) is 1. The summed E-state index contributed by atoms with van der Waals surface area (Å²) in [4.78, 5) is -0.0508. The van der Waals surface area contributed by atoms with E-state index in [-0.39, 0.29) is 16.3 Å². The second-order valence-electron chi connectivity index (χ2n) is 3.67. The van der Waals surface area contributed by atoms with Crippen LogP contribution in [-0.2, 0) is 10.0 Å². The average molecular weight is 270 g/mol. The summed E-state index contributed by atoms with van der Waals surface area (Å²) < 4.78 is 39.6.